The van der Waals surface area contributed by atoms with Crippen LogP contribution in [0.3, 0.4) is 0 Å². The minimum atomic E-state index is -1.19. The molecule has 1 nitrogen and oxygen atoms in total. The third-order valence-electron chi connectivity index (χ3n) is 4.81. The Bertz CT molecular complexity index is 515. The van der Waals surface area contributed by atoms with Gasteiger partial charge in [0.1, 0.15) is 0 Å². The van der Waals surface area contributed by atoms with E-state index in [9.17, 15) is 0 Å². The Morgan fingerprint density at radius 2 is 1.39 bits per heavy atom. The van der Waals surface area contributed by atoms with Crippen LogP contribution in [-0.4, -0.2) is 18.5 Å². The van der Waals surface area contributed by atoms with Crippen LogP contribution in [-0.2, 0) is 21.7 Å². The van der Waals surface area contributed by atoms with Crippen LogP contribution in [0.5, 0.6) is 0 Å². The van der Waals surface area contributed by atoms with Crippen LogP contribution in [0, 0.1) is 17.8 Å². The molecule has 0 fully saturated rings. The number of nitrogens with zero attached hydrogens (tertiary/aromatic N) is 1. The molecular formula is C25H46NPTi. The van der Waals surface area contributed by atoms with E-state index in [4.69, 9.17) is 4.74 Å². The van der Waals surface area contributed by atoms with Crippen molar-refractivity contribution in [1.29, 1.82) is 0 Å². The van der Waals surface area contributed by atoms with Gasteiger partial charge in [-0.15, -0.1) is 0 Å². The summed E-state index contributed by atoms with van der Waals surface area (Å²) in [6.45, 7) is 23.1. The summed E-state index contributed by atoms with van der Waals surface area (Å²) >= 11 is 0. The van der Waals surface area contributed by atoms with E-state index in [0.717, 1.165) is 29.7 Å². The van der Waals surface area contributed by atoms with Gasteiger partial charge in [-0.05, 0) is 75.6 Å². The molecule has 1 rings (SSSR count). The Morgan fingerprint density at radius 1 is 1.00 bits per heavy atom. The van der Waals surface area contributed by atoms with Gasteiger partial charge < -0.3 is 0 Å². The Kier molecular flexibility index (Phi) is 17.9. The second-order valence-corrected chi connectivity index (χ2v) is 13.0. The molecule has 0 radical (unpaired) electrons. The molecule has 160 valence electrons. The summed E-state index contributed by atoms with van der Waals surface area (Å²) in [5.74, 6) is 2.38. The van der Waals surface area contributed by atoms with Crippen LogP contribution in [0.4, 0.5) is 0 Å². The van der Waals surface area contributed by atoms with Crippen LogP contribution in [0.25, 0.3) is 0 Å². The van der Waals surface area contributed by atoms with Crippen molar-refractivity contribution in [3.8, 4) is 0 Å². The molecule has 3 heteroatoms. The van der Waals surface area contributed by atoms with Gasteiger partial charge in [-0.25, -0.2) is 0 Å². The van der Waals surface area contributed by atoms with E-state index in [1.807, 2.05) is 6.92 Å². The molecule has 0 aromatic heterocycles. The number of hydrogen-bond acceptors (Lipinski definition) is 1. The van der Waals surface area contributed by atoms with Gasteiger partial charge in [-0.3, -0.25) is 4.74 Å². The molecule has 1 aliphatic rings. The van der Waals surface area contributed by atoms with Crippen molar-refractivity contribution in [2.75, 3.05) is 18.5 Å². The summed E-state index contributed by atoms with van der Waals surface area (Å²) in [7, 11) is -1.19. The van der Waals surface area contributed by atoms with Gasteiger partial charge in [0.2, 0.25) is 0 Å². The van der Waals surface area contributed by atoms with E-state index >= 15 is 0 Å². The van der Waals surface area contributed by atoms with E-state index in [1.165, 1.54) is 43.4 Å². The van der Waals surface area contributed by atoms with Crippen molar-refractivity contribution in [2.45, 2.75) is 74.1 Å². The van der Waals surface area contributed by atoms with Gasteiger partial charge in [-0.1, -0.05) is 78.5 Å². The number of allylic oxidation sites excluding steroid dienone is 5. The summed E-state index contributed by atoms with van der Waals surface area (Å²) in [5, 5.41) is 0. The fourth-order valence-electron chi connectivity index (χ4n) is 2.76. The molecule has 0 spiro atoms. The molecule has 0 amide bonds. The molecule has 0 atom stereocenters. The molecule has 0 aromatic rings. The summed E-state index contributed by atoms with van der Waals surface area (Å²) in [4.78, 5) is 0. The second-order valence-electron chi connectivity index (χ2n) is 9.25. The third kappa shape index (κ3) is 15.8. The van der Waals surface area contributed by atoms with Gasteiger partial charge in [-0.2, -0.15) is 0 Å². The van der Waals surface area contributed by atoms with Gasteiger partial charge in [0.15, 0.2) is 0 Å². The van der Waals surface area contributed by atoms with Crippen molar-refractivity contribution in [3.63, 3.8) is 0 Å². The fraction of sp³-hybridized carbons (Fsp3) is 0.680. The minimum Gasteiger partial charge on any atom is -0.272 e. The molecule has 0 saturated heterocycles. The van der Waals surface area contributed by atoms with E-state index in [0.29, 0.717) is 0 Å². The maximum absolute atomic E-state index is 5.43. The normalized spacial score (nSPS) is 13.1. The predicted molar refractivity (Wildman–Crippen MR) is 129 cm³/mol. The molecule has 0 heterocycles. The van der Waals surface area contributed by atoms with Gasteiger partial charge in [0.25, 0.3) is 0 Å². The Labute approximate surface area is 192 Å². The molecule has 0 aromatic carbocycles. The quantitative estimate of drug-likeness (QED) is 0.173. The van der Waals surface area contributed by atoms with Gasteiger partial charge >= 0.3 is 0 Å². The van der Waals surface area contributed by atoms with Crippen molar-refractivity contribution < 1.29 is 21.7 Å². The first-order chi connectivity index (χ1) is 12.6. The van der Waals surface area contributed by atoms with Crippen LogP contribution in [0.15, 0.2) is 53.5 Å². The topological polar surface area (TPSA) is 12.4 Å². The summed E-state index contributed by atoms with van der Waals surface area (Å²) in [5.41, 5.74) is 2.37. The molecule has 0 N–H and O–H groups in total. The molecule has 1 aliphatic carbocycles. The smallest absolute Gasteiger partial charge is 0.0425 e. The summed E-state index contributed by atoms with van der Waals surface area (Å²) in [6.07, 6.45) is 17.6. The fourth-order valence-corrected chi connectivity index (χ4v) is 7.42. The van der Waals surface area contributed by atoms with Gasteiger partial charge in [0, 0.05) is 33.8 Å². The van der Waals surface area contributed by atoms with Crippen LogP contribution in [0.1, 0.15) is 74.1 Å². The first-order valence-electron chi connectivity index (χ1n) is 10.8. The molecule has 0 saturated carbocycles. The van der Waals surface area contributed by atoms with Gasteiger partial charge in [0.05, 0.1) is 0 Å². The Morgan fingerprint density at radius 3 is 1.64 bits per heavy atom. The van der Waals surface area contributed by atoms with Crippen molar-refractivity contribution in [2.24, 2.45) is 22.5 Å². The first kappa shape index (κ1) is 30.1. The number of rotatable bonds is 11. The second kappa shape index (κ2) is 16.7. The molecule has 0 aliphatic heterocycles. The standard InChI is InChI=1S/C20H38NP.C5H8.Ti/c1-17(2)11-14-22(15-12-18(3)4,16-13-19(5)6)21-20-9-7-8-10-20;1-4-5(2)3;/h7-9,17-19H,10-16H2,1-6H3;4H,1-2H2,3H3;. The molecule has 0 bridgehead atoms. The third-order valence-corrected chi connectivity index (χ3v) is 8.76. The van der Waals surface area contributed by atoms with E-state index in [-0.39, 0.29) is 21.7 Å². The van der Waals surface area contributed by atoms with Crippen LogP contribution < -0.4 is 0 Å². The monoisotopic (exact) mass is 439 g/mol. The minimum absolute atomic E-state index is 0. The zero-order chi connectivity index (χ0) is 20.9. The zero-order valence-corrected chi connectivity index (χ0v) is 22.3. The maximum atomic E-state index is 5.43. The van der Waals surface area contributed by atoms with E-state index in [1.54, 1.807) is 6.08 Å². The first-order valence-corrected chi connectivity index (χ1v) is 13.1. The van der Waals surface area contributed by atoms with E-state index < -0.39 is 7.05 Å². The molecular weight excluding hydrogens is 393 g/mol. The van der Waals surface area contributed by atoms with Crippen molar-refractivity contribution in [1.82, 2.24) is 0 Å². The largest absolute Gasteiger partial charge is 0.272 e. The van der Waals surface area contributed by atoms with Crippen molar-refractivity contribution >= 4 is 7.05 Å². The average Bonchev–Trinajstić information content (AvgIpc) is 3.09. The maximum Gasteiger partial charge on any atom is 0.0425 e. The number of hydrogen-bond donors (Lipinski definition) is 0. The van der Waals surface area contributed by atoms with Crippen LogP contribution >= 0.6 is 7.05 Å². The van der Waals surface area contributed by atoms with Crippen molar-refractivity contribution in [3.05, 3.63) is 48.7 Å². The van der Waals surface area contributed by atoms with Crippen LogP contribution in [0.2, 0.25) is 0 Å². The predicted octanol–water partition coefficient (Wildman–Crippen LogP) is 8.92. The zero-order valence-electron chi connectivity index (χ0n) is 19.8. The Hall–Kier alpha value is -0.0957. The average molecular weight is 439 g/mol. The Balaban J connectivity index is 0. The molecule has 28 heavy (non-hydrogen) atoms. The van der Waals surface area contributed by atoms with E-state index in [2.05, 4.69) is 72.9 Å². The SMILES string of the molecule is C=CC(=C)C.CC(C)CCP(CCC(C)C)(CCC(C)C)=NC1=CC=CC1.[Ti]. The molecule has 0 unspecified atom stereocenters. The summed E-state index contributed by atoms with van der Waals surface area (Å²) < 4.78 is 5.43. The summed E-state index contributed by atoms with van der Waals surface area (Å²) in [6, 6.07) is 0.